The Labute approximate surface area is 149 Å². The minimum atomic E-state index is -0.506. The summed E-state index contributed by atoms with van der Waals surface area (Å²) in [6, 6.07) is 6.84. The van der Waals surface area contributed by atoms with E-state index in [-0.39, 0.29) is 5.75 Å². The fourth-order valence-electron chi connectivity index (χ4n) is 1.91. The van der Waals surface area contributed by atoms with Crippen molar-refractivity contribution < 1.29 is 14.3 Å². The first-order valence-corrected chi connectivity index (χ1v) is 8.85. The van der Waals surface area contributed by atoms with Crippen LogP contribution in [0.2, 0.25) is 0 Å². The third kappa shape index (κ3) is 5.45. The number of carbonyl (C=O) groups excluding carboxylic acids is 2. The summed E-state index contributed by atoms with van der Waals surface area (Å²) in [5, 5.41) is 16.8. The van der Waals surface area contributed by atoms with Gasteiger partial charge in [0, 0.05) is 6.54 Å². The highest BCUT2D eigenvalue weighted by Crippen LogP contribution is 2.25. The molecule has 134 valence electrons. The van der Waals surface area contributed by atoms with Crippen LogP contribution in [0.4, 0.5) is 4.79 Å². The van der Waals surface area contributed by atoms with E-state index in [2.05, 4.69) is 26.2 Å². The van der Waals surface area contributed by atoms with Crippen molar-refractivity contribution in [3.8, 4) is 11.4 Å². The van der Waals surface area contributed by atoms with E-state index < -0.39 is 11.9 Å². The number of thioether (sulfide) groups is 1. The number of urea groups is 1. The van der Waals surface area contributed by atoms with Gasteiger partial charge in [0.15, 0.2) is 0 Å². The van der Waals surface area contributed by atoms with Crippen LogP contribution >= 0.6 is 11.8 Å². The number of imide groups is 1. The SMILES string of the molecule is CCCNC(=O)NC(=O)CSc1nnnn1-c1ccccc1OCC. The first-order chi connectivity index (χ1) is 12.2. The number of para-hydroxylation sites is 2. The predicted octanol–water partition coefficient (Wildman–Crippen LogP) is 1.39. The van der Waals surface area contributed by atoms with Crippen LogP contribution in [0.25, 0.3) is 5.69 Å². The second-order valence-corrected chi connectivity index (χ2v) is 5.81. The van der Waals surface area contributed by atoms with Gasteiger partial charge in [-0.1, -0.05) is 30.8 Å². The third-order valence-corrected chi connectivity index (χ3v) is 3.87. The predicted molar refractivity (Wildman–Crippen MR) is 92.9 cm³/mol. The largest absolute Gasteiger partial charge is 0.492 e. The number of hydrogen-bond acceptors (Lipinski definition) is 7. The summed E-state index contributed by atoms with van der Waals surface area (Å²) < 4.78 is 7.07. The van der Waals surface area contributed by atoms with E-state index >= 15 is 0 Å². The highest BCUT2D eigenvalue weighted by Gasteiger charge is 2.15. The quantitative estimate of drug-likeness (QED) is 0.681. The number of amides is 3. The number of benzene rings is 1. The molecule has 1 aromatic heterocycles. The van der Waals surface area contributed by atoms with Gasteiger partial charge in [-0.15, -0.1) is 5.10 Å². The highest BCUT2D eigenvalue weighted by atomic mass is 32.2. The molecule has 2 aromatic rings. The Hall–Kier alpha value is -2.62. The van der Waals surface area contributed by atoms with Crippen molar-refractivity contribution in [3.63, 3.8) is 0 Å². The van der Waals surface area contributed by atoms with Crippen molar-refractivity contribution >= 4 is 23.7 Å². The van der Waals surface area contributed by atoms with Crippen molar-refractivity contribution in [2.24, 2.45) is 0 Å². The number of carbonyl (C=O) groups is 2. The van der Waals surface area contributed by atoms with Crippen molar-refractivity contribution in [1.82, 2.24) is 30.8 Å². The second kappa shape index (κ2) is 9.62. The van der Waals surface area contributed by atoms with Gasteiger partial charge in [0.25, 0.3) is 0 Å². The standard InChI is InChI=1S/C15H20N6O3S/c1-3-9-16-14(23)17-13(22)10-25-15-18-19-20-21(15)11-7-5-6-8-12(11)24-4-2/h5-8H,3-4,9-10H2,1-2H3,(H2,16,17,22,23). The molecule has 0 fully saturated rings. The molecule has 0 atom stereocenters. The van der Waals surface area contributed by atoms with Crippen molar-refractivity contribution in [2.45, 2.75) is 25.4 Å². The number of rotatable bonds is 8. The van der Waals surface area contributed by atoms with Gasteiger partial charge >= 0.3 is 6.03 Å². The van der Waals surface area contributed by atoms with E-state index in [0.717, 1.165) is 18.2 Å². The number of tetrazole rings is 1. The van der Waals surface area contributed by atoms with Crippen LogP contribution in [0.3, 0.4) is 0 Å². The molecule has 2 rings (SSSR count). The molecule has 25 heavy (non-hydrogen) atoms. The number of nitrogens with zero attached hydrogens (tertiary/aromatic N) is 4. The molecular formula is C15H20N6O3S. The Morgan fingerprint density at radius 3 is 2.84 bits per heavy atom. The third-order valence-electron chi connectivity index (χ3n) is 2.96. The Morgan fingerprint density at radius 2 is 2.08 bits per heavy atom. The molecule has 0 aliphatic carbocycles. The fraction of sp³-hybridized carbons (Fsp3) is 0.400. The fourth-order valence-corrected chi connectivity index (χ4v) is 2.59. The van der Waals surface area contributed by atoms with Crippen LogP contribution < -0.4 is 15.4 Å². The van der Waals surface area contributed by atoms with E-state index in [9.17, 15) is 9.59 Å². The Balaban J connectivity index is 2.00. The van der Waals surface area contributed by atoms with Gasteiger partial charge in [-0.2, -0.15) is 4.68 Å². The van der Waals surface area contributed by atoms with Crippen LogP contribution in [0.5, 0.6) is 5.75 Å². The molecule has 1 heterocycles. The lowest BCUT2D eigenvalue weighted by molar-refractivity contribution is -0.117. The maximum Gasteiger partial charge on any atom is 0.321 e. The summed E-state index contributed by atoms with van der Waals surface area (Å²) in [6.45, 7) is 4.84. The Morgan fingerprint density at radius 1 is 1.28 bits per heavy atom. The molecule has 0 saturated carbocycles. The molecule has 9 nitrogen and oxygen atoms in total. The zero-order chi connectivity index (χ0) is 18.1. The van der Waals surface area contributed by atoms with Gasteiger partial charge in [-0.05, 0) is 35.9 Å². The summed E-state index contributed by atoms with van der Waals surface area (Å²) in [6.07, 6.45) is 0.796. The van der Waals surface area contributed by atoms with E-state index in [1.807, 2.05) is 38.1 Å². The number of nitrogens with one attached hydrogen (secondary N) is 2. The molecule has 0 aliphatic rings. The van der Waals surface area contributed by atoms with Gasteiger partial charge < -0.3 is 10.1 Å². The van der Waals surface area contributed by atoms with Crippen LogP contribution in [0, 0.1) is 0 Å². The summed E-state index contributed by atoms with van der Waals surface area (Å²) in [5.41, 5.74) is 0.679. The summed E-state index contributed by atoms with van der Waals surface area (Å²) in [4.78, 5) is 23.3. The van der Waals surface area contributed by atoms with Crippen molar-refractivity contribution in [2.75, 3.05) is 18.9 Å². The lowest BCUT2D eigenvalue weighted by atomic mass is 10.3. The lowest BCUT2D eigenvalue weighted by Crippen LogP contribution is -2.40. The molecule has 0 aliphatic heterocycles. The molecule has 3 amide bonds. The zero-order valence-corrected chi connectivity index (χ0v) is 14.9. The molecule has 10 heteroatoms. The van der Waals surface area contributed by atoms with Crippen LogP contribution in [0.1, 0.15) is 20.3 Å². The van der Waals surface area contributed by atoms with E-state index in [1.165, 1.54) is 4.68 Å². The van der Waals surface area contributed by atoms with E-state index in [4.69, 9.17) is 4.74 Å². The van der Waals surface area contributed by atoms with Crippen LogP contribution in [-0.4, -0.2) is 51.1 Å². The van der Waals surface area contributed by atoms with Crippen LogP contribution in [0.15, 0.2) is 29.4 Å². The van der Waals surface area contributed by atoms with E-state index in [0.29, 0.717) is 29.7 Å². The molecule has 0 spiro atoms. The maximum absolute atomic E-state index is 11.8. The number of aromatic nitrogens is 4. The minimum absolute atomic E-state index is 0.0106. The minimum Gasteiger partial charge on any atom is -0.492 e. The number of ether oxygens (including phenoxy) is 1. The zero-order valence-electron chi connectivity index (χ0n) is 14.1. The van der Waals surface area contributed by atoms with Gasteiger partial charge in [-0.25, -0.2) is 4.79 Å². The normalized spacial score (nSPS) is 10.3. The van der Waals surface area contributed by atoms with Crippen LogP contribution in [-0.2, 0) is 4.79 Å². The van der Waals surface area contributed by atoms with Gasteiger partial charge in [0.05, 0.1) is 12.4 Å². The number of hydrogen-bond donors (Lipinski definition) is 2. The second-order valence-electron chi connectivity index (χ2n) is 4.87. The van der Waals surface area contributed by atoms with E-state index in [1.54, 1.807) is 0 Å². The van der Waals surface area contributed by atoms with Crippen molar-refractivity contribution in [3.05, 3.63) is 24.3 Å². The first-order valence-electron chi connectivity index (χ1n) is 7.86. The average Bonchev–Trinajstić information content (AvgIpc) is 3.07. The molecular weight excluding hydrogens is 344 g/mol. The molecule has 1 aromatic carbocycles. The molecule has 2 N–H and O–H groups in total. The molecule has 0 radical (unpaired) electrons. The Kier molecular flexibility index (Phi) is 7.20. The summed E-state index contributed by atoms with van der Waals surface area (Å²) in [5.74, 6) is 0.227. The smallest absolute Gasteiger partial charge is 0.321 e. The summed E-state index contributed by atoms with van der Waals surface area (Å²) in [7, 11) is 0. The van der Waals surface area contributed by atoms with Gasteiger partial charge in [-0.3, -0.25) is 10.1 Å². The monoisotopic (exact) mass is 364 g/mol. The first kappa shape index (κ1) is 18.7. The lowest BCUT2D eigenvalue weighted by Gasteiger charge is -2.10. The molecule has 0 saturated heterocycles. The maximum atomic E-state index is 11.8. The van der Waals surface area contributed by atoms with Gasteiger partial charge in [0.2, 0.25) is 11.1 Å². The highest BCUT2D eigenvalue weighted by molar-refractivity contribution is 7.99. The average molecular weight is 364 g/mol. The Bertz CT molecular complexity index is 721. The summed E-state index contributed by atoms with van der Waals surface area (Å²) >= 11 is 1.13. The molecule has 0 bridgehead atoms. The van der Waals surface area contributed by atoms with Gasteiger partial charge in [0.1, 0.15) is 11.4 Å². The topological polar surface area (TPSA) is 111 Å². The van der Waals surface area contributed by atoms with Crippen molar-refractivity contribution in [1.29, 1.82) is 0 Å². The molecule has 0 unspecified atom stereocenters.